The minimum Gasteiger partial charge on any atom is -0.363 e. The summed E-state index contributed by atoms with van der Waals surface area (Å²) >= 11 is 0. The van der Waals surface area contributed by atoms with E-state index in [4.69, 9.17) is 0 Å². The van der Waals surface area contributed by atoms with Crippen LogP contribution in [0.5, 0.6) is 0 Å². The molecule has 0 radical (unpaired) electrons. The molecule has 0 aliphatic carbocycles. The predicted octanol–water partition coefficient (Wildman–Crippen LogP) is 3.07. The van der Waals surface area contributed by atoms with E-state index >= 15 is 0 Å². The summed E-state index contributed by atoms with van der Waals surface area (Å²) < 4.78 is 2.06. The maximum Gasteiger partial charge on any atom is 0.0756 e. The van der Waals surface area contributed by atoms with Crippen molar-refractivity contribution < 1.29 is 0 Å². The molecule has 1 aromatic heterocycles. The van der Waals surface area contributed by atoms with Crippen molar-refractivity contribution in [1.82, 2.24) is 15.1 Å². The molecule has 2 rings (SSSR count). The molecule has 4 nitrogen and oxygen atoms in total. The lowest BCUT2D eigenvalue weighted by Gasteiger charge is -2.41. The first-order chi connectivity index (χ1) is 9.51. The number of nitrogens with one attached hydrogen (secondary N) is 1. The molecular formula is C16H30N4. The lowest BCUT2D eigenvalue weighted by Crippen LogP contribution is -2.56. The second kappa shape index (κ2) is 6.61. The van der Waals surface area contributed by atoms with Crippen LogP contribution in [0.15, 0.2) is 12.4 Å². The number of hydrogen-bond acceptors (Lipinski definition) is 3. The first-order valence-electron chi connectivity index (χ1n) is 8.05. The van der Waals surface area contributed by atoms with Crippen molar-refractivity contribution in [1.29, 1.82) is 0 Å². The maximum absolute atomic E-state index is 4.50. The van der Waals surface area contributed by atoms with Gasteiger partial charge in [-0.25, -0.2) is 0 Å². The Morgan fingerprint density at radius 3 is 2.65 bits per heavy atom. The van der Waals surface area contributed by atoms with Crippen LogP contribution in [0, 0.1) is 5.92 Å². The van der Waals surface area contributed by atoms with Gasteiger partial charge in [-0.15, -0.1) is 0 Å². The molecule has 1 aliphatic heterocycles. The van der Waals surface area contributed by atoms with Crippen molar-refractivity contribution >= 4 is 5.69 Å². The number of anilines is 1. The van der Waals surface area contributed by atoms with Crippen LogP contribution >= 0.6 is 0 Å². The summed E-state index contributed by atoms with van der Waals surface area (Å²) in [6.45, 7) is 13.4. The molecule has 0 aromatic carbocycles. The second-order valence-corrected chi connectivity index (χ2v) is 6.72. The van der Waals surface area contributed by atoms with Crippen LogP contribution in [0.3, 0.4) is 0 Å². The first kappa shape index (κ1) is 15.4. The van der Waals surface area contributed by atoms with Gasteiger partial charge in [-0.2, -0.15) is 5.10 Å². The number of piperazine rings is 1. The van der Waals surface area contributed by atoms with Gasteiger partial charge in [0.05, 0.1) is 11.9 Å². The molecule has 0 spiro atoms. The number of aromatic nitrogens is 2. The Morgan fingerprint density at radius 1 is 1.35 bits per heavy atom. The molecule has 0 saturated carbocycles. The molecule has 20 heavy (non-hydrogen) atoms. The van der Waals surface area contributed by atoms with Crippen molar-refractivity contribution in [3.05, 3.63) is 12.4 Å². The van der Waals surface area contributed by atoms with Gasteiger partial charge in [0.25, 0.3) is 0 Å². The van der Waals surface area contributed by atoms with E-state index in [-0.39, 0.29) is 0 Å². The zero-order chi connectivity index (χ0) is 14.7. The van der Waals surface area contributed by atoms with Gasteiger partial charge in [0.2, 0.25) is 0 Å². The highest BCUT2D eigenvalue weighted by molar-refractivity contribution is 5.45. The van der Waals surface area contributed by atoms with Gasteiger partial charge in [-0.1, -0.05) is 20.8 Å². The molecule has 1 aliphatic rings. The van der Waals surface area contributed by atoms with Crippen LogP contribution < -0.4 is 10.2 Å². The predicted molar refractivity (Wildman–Crippen MR) is 85.3 cm³/mol. The van der Waals surface area contributed by atoms with E-state index in [0.717, 1.165) is 19.0 Å². The Bertz CT molecular complexity index is 410. The SMILES string of the molecule is CCC1CNC(CC(C)C)CN1c1cnn(C(C)C)c1. The molecule has 2 atom stereocenters. The van der Waals surface area contributed by atoms with E-state index < -0.39 is 0 Å². The smallest absolute Gasteiger partial charge is 0.0756 e. The fourth-order valence-electron chi connectivity index (χ4n) is 3.03. The molecular weight excluding hydrogens is 248 g/mol. The Balaban J connectivity index is 2.11. The Kier molecular flexibility index (Phi) is 5.08. The Morgan fingerprint density at radius 2 is 2.10 bits per heavy atom. The van der Waals surface area contributed by atoms with Crippen LogP contribution in [0.4, 0.5) is 5.69 Å². The normalized spacial score (nSPS) is 23.9. The molecule has 0 bridgehead atoms. The van der Waals surface area contributed by atoms with Crippen molar-refractivity contribution in [2.45, 2.75) is 65.6 Å². The summed E-state index contributed by atoms with van der Waals surface area (Å²) in [5.74, 6) is 0.742. The number of rotatable bonds is 5. The minimum absolute atomic E-state index is 0.429. The van der Waals surface area contributed by atoms with Gasteiger partial charge in [-0.05, 0) is 32.6 Å². The van der Waals surface area contributed by atoms with Gasteiger partial charge in [0.1, 0.15) is 0 Å². The van der Waals surface area contributed by atoms with E-state index in [1.807, 2.05) is 6.20 Å². The number of hydrogen-bond donors (Lipinski definition) is 1. The molecule has 4 heteroatoms. The topological polar surface area (TPSA) is 33.1 Å². The van der Waals surface area contributed by atoms with Crippen molar-refractivity contribution in [2.24, 2.45) is 5.92 Å². The molecule has 1 saturated heterocycles. The summed E-state index contributed by atoms with van der Waals surface area (Å²) in [4.78, 5) is 2.55. The summed E-state index contributed by atoms with van der Waals surface area (Å²) in [6.07, 6.45) is 6.64. The fraction of sp³-hybridized carbons (Fsp3) is 0.812. The van der Waals surface area contributed by atoms with Gasteiger partial charge in [0, 0.05) is 37.4 Å². The highest BCUT2D eigenvalue weighted by Crippen LogP contribution is 2.23. The van der Waals surface area contributed by atoms with Crippen molar-refractivity contribution in [3.63, 3.8) is 0 Å². The minimum atomic E-state index is 0.429. The summed E-state index contributed by atoms with van der Waals surface area (Å²) in [5, 5.41) is 8.21. The Labute approximate surface area is 123 Å². The van der Waals surface area contributed by atoms with Gasteiger partial charge < -0.3 is 10.2 Å². The summed E-state index contributed by atoms with van der Waals surface area (Å²) in [5.41, 5.74) is 1.28. The molecule has 2 unspecified atom stereocenters. The molecule has 1 fully saturated rings. The zero-order valence-corrected chi connectivity index (χ0v) is 13.6. The summed E-state index contributed by atoms with van der Waals surface area (Å²) in [7, 11) is 0. The van der Waals surface area contributed by atoms with E-state index in [9.17, 15) is 0 Å². The molecule has 1 N–H and O–H groups in total. The third-order valence-electron chi connectivity index (χ3n) is 4.18. The lowest BCUT2D eigenvalue weighted by atomic mass is 9.99. The van der Waals surface area contributed by atoms with E-state index in [2.05, 4.69) is 60.8 Å². The monoisotopic (exact) mass is 278 g/mol. The van der Waals surface area contributed by atoms with Gasteiger partial charge in [0.15, 0.2) is 0 Å². The van der Waals surface area contributed by atoms with Crippen molar-refractivity contribution in [2.75, 3.05) is 18.0 Å². The molecule has 1 aromatic rings. The maximum atomic E-state index is 4.50. The highest BCUT2D eigenvalue weighted by atomic mass is 15.3. The average molecular weight is 278 g/mol. The standard InChI is InChI=1S/C16H30N4/c1-6-15-8-17-14(7-12(2)3)10-19(15)16-9-18-20(11-16)13(4)5/h9,11-15,17H,6-8,10H2,1-5H3. The van der Waals surface area contributed by atoms with Crippen LogP contribution in [0.2, 0.25) is 0 Å². The zero-order valence-electron chi connectivity index (χ0n) is 13.6. The molecule has 0 amide bonds. The van der Waals surface area contributed by atoms with Crippen LogP contribution in [-0.4, -0.2) is 35.0 Å². The Hall–Kier alpha value is -1.03. The van der Waals surface area contributed by atoms with Crippen LogP contribution in [0.25, 0.3) is 0 Å². The van der Waals surface area contributed by atoms with E-state index in [1.54, 1.807) is 0 Å². The van der Waals surface area contributed by atoms with E-state index in [0.29, 0.717) is 18.1 Å². The molecule has 2 heterocycles. The first-order valence-corrected chi connectivity index (χ1v) is 8.05. The molecule has 114 valence electrons. The van der Waals surface area contributed by atoms with E-state index in [1.165, 1.54) is 18.5 Å². The van der Waals surface area contributed by atoms with Crippen LogP contribution in [0.1, 0.15) is 53.5 Å². The number of nitrogens with zero attached hydrogens (tertiary/aromatic N) is 3. The third-order valence-corrected chi connectivity index (χ3v) is 4.18. The average Bonchev–Trinajstić information content (AvgIpc) is 2.87. The second-order valence-electron chi connectivity index (χ2n) is 6.72. The van der Waals surface area contributed by atoms with Crippen LogP contribution in [-0.2, 0) is 0 Å². The summed E-state index contributed by atoms with van der Waals surface area (Å²) in [6, 6.07) is 1.61. The largest absolute Gasteiger partial charge is 0.363 e. The third kappa shape index (κ3) is 3.54. The van der Waals surface area contributed by atoms with Crippen molar-refractivity contribution in [3.8, 4) is 0 Å². The quantitative estimate of drug-likeness (QED) is 0.898. The van der Waals surface area contributed by atoms with Gasteiger partial charge in [-0.3, -0.25) is 4.68 Å². The van der Waals surface area contributed by atoms with Gasteiger partial charge >= 0.3 is 0 Å². The lowest BCUT2D eigenvalue weighted by molar-refractivity contribution is 0.343. The highest BCUT2D eigenvalue weighted by Gasteiger charge is 2.28. The fourth-order valence-corrected chi connectivity index (χ4v) is 3.03.